The lowest BCUT2D eigenvalue weighted by Gasteiger charge is -2.33. The van der Waals surface area contributed by atoms with Crippen LogP contribution in [0, 0.1) is 11.8 Å². The van der Waals surface area contributed by atoms with Crippen molar-refractivity contribution in [1.82, 2.24) is 14.9 Å². The maximum Gasteiger partial charge on any atom is 0.287 e. The van der Waals surface area contributed by atoms with E-state index < -0.39 is 21.3 Å². The first kappa shape index (κ1) is 25.9. The van der Waals surface area contributed by atoms with Crippen molar-refractivity contribution in [2.24, 2.45) is 11.8 Å². The monoisotopic (exact) mass is 465 g/mol. The molecule has 0 aliphatic heterocycles. The molecule has 2 rings (SSSR count). The van der Waals surface area contributed by atoms with Crippen LogP contribution in [0.2, 0.25) is 0 Å². The van der Waals surface area contributed by atoms with E-state index in [-0.39, 0.29) is 42.0 Å². The van der Waals surface area contributed by atoms with E-state index in [0.717, 1.165) is 9.69 Å². The smallest absolute Gasteiger partial charge is 0.287 e. The van der Waals surface area contributed by atoms with E-state index in [1.807, 2.05) is 45.9 Å². The molecule has 0 bridgehead atoms. The Kier molecular flexibility index (Phi) is 8.47. The van der Waals surface area contributed by atoms with Gasteiger partial charge >= 0.3 is 0 Å². The number of fused-ring (bicyclic) bond motifs is 1. The van der Waals surface area contributed by atoms with Gasteiger partial charge < -0.3 is 15.1 Å². The zero-order chi connectivity index (χ0) is 24.2. The number of hydrogen-bond acceptors (Lipinski definition) is 5. The molecule has 1 aromatic carbocycles. The molecule has 9 heteroatoms. The van der Waals surface area contributed by atoms with Crippen LogP contribution in [0.15, 0.2) is 34.7 Å². The largest absolute Gasteiger partial charge is 0.451 e. The van der Waals surface area contributed by atoms with Crippen molar-refractivity contribution in [1.29, 1.82) is 0 Å². The fourth-order valence-electron chi connectivity index (χ4n) is 3.48. The molecular formula is C23H35N3O5S. The summed E-state index contributed by atoms with van der Waals surface area (Å²) >= 11 is 0. The number of para-hydroxylation sites is 1. The van der Waals surface area contributed by atoms with Crippen molar-refractivity contribution in [2.75, 3.05) is 13.6 Å². The maximum atomic E-state index is 13.1. The number of likely N-dealkylation sites (N-methyl/N-ethyl adjacent to an activating group) is 1. The van der Waals surface area contributed by atoms with Crippen molar-refractivity contribution in [3.63, 3.8) is 0 Å². The summed E-state index contributed by atoms with van der Waals surface area (Å²) < 4.78 is 32.0. The molecule has 1 heterocycles. The number of nitrogens with zero attached hydrogens (tertiary/aromatic N) is 1. The van der Waals surface area contributed by atoms with Crippen molar-refractivity contribution in [2.45, 2.75) is 58.9 Å². The van der Waals surface area contributed by atoms with Crippen molar-refractivity contribution in [3.8, 4) is 0 Å². The number of carbonyl (C=O) groups excluding carboxylic acids is 2. The Morgan fingerprint density at radius 3 is 2.19 bits per heavy atom. The SMILES string of the molecule is CC(C)[C@@H](C(=O)N[C@H](CNC(=O)c1cc2ccccc2o1)C(C)C)N(C)S(=O)(=O)C(C)C. The van der Waals surface area contributed by atoms with Crippen LogP contribution in [0.5, 0.6) is 0 Å². The highest BCUT2D eigenvalue weighted by atomic mass is 32.2. The minimum atomic E-state index is -3.61. The molecule has 32 heavy (non-hydrogen) atoms. The molecular weight excluding hydrogens is 430 g/mol. The summed E-state index contributed by atoms with van der Waals surface area (Å²) in [6.45, 7) is 10.8. The molecule has 0 saturated carbocycles. The second kappa shape index (κ2) is 10.5. The van der Waals surface area contributed by atoms with Gasteiger partial charge in [-0.25, -0.2) is 8.42 Å². The Bertz CT molecular complexity index is 1010. The molecule has 2 aromatic rings. The van der Waals surface area contributed by atoms with Crippen LogP contribution in [0.4, 0.5) is 0 Å². The van der Waals surface area contributed by atoms with Gasteiger partial charge in [0.1, 0.15) is 11.6 Å². The molecule has 1 aromatic heterocycles. The Hall–Kier alpha value is -2.39. The highest BCUT2D eigenvalue weighted by Crippen LogP contribution is 2.19. The standard InChI is InChI=1S/C23H35N3O5S/c1-14(2)18(13-24-22(27)20-12-17-10-8-9-11-19(17)31-20)25-23(28)21(15(3)4)26(7)32(29,30)16(5)6/h8-12,14-16,18,21H,13H2,1-7H3,(H,24,27)(H,25,28)/t18-,21+/m1/s1. The van der Waals surface area contributed by atoms with Gasteiger partial charge in [0.25, 0.3) is 5.91 Å². The number of sulfonamides is 1. The molecule has 0 unspecified atom stereocenters. The predicted molar refractivity (Wildman–Crippen MR) is 126 cm³/mol. The third-order valence-electron chi connectivity index (χ3n) is 5.55. The average Bonchev–Trinajstić information content (AvgIpc) is 3.14. The first-order valence-corrected chi connectivity index (χ1v) is 12.4. The van der Waals surface area contributed by atoms with E-state index in [0.29, 0.717) is 5.58 Å². The molecule has 2 atom stereocenters. The van der Waals surface area contributed by atoms with Gasteiger partial charge in [-0.15, -0.1) is 0 Å². The molecule has 2 amide bonds. The number of amides is 2. The van der Waals surface area contributed by atoms with Gasteiger partial charge in [0, 0.05) is 25.0 Å². The number of furan rings is 1. The normalized spacial score (nSPS) is 14.3. The molecule has 178 valence electrons. The second-order valence-corrected chi connectivity index (χ2v) is 11.6. The van der Waals surface area contributed by atoms with Crippen molar-refractivity contribution >= 4 is 32.8 Å². The topological polar surface area (TPSA) is 109 Å². The summed E-state index contributed by atoms with van der Waals surface area (Å²) in [5.41, 5.74) is 0.625. The zero-order valence-corrected chi connectivity index (χ0v) is 20.7. The second-order valence-electron chi connectivity index (χ2n) is 9.02. The maximum absolute atomic E-state index is 13.1. The van der Waals surface area contributed by atoms with Crippen LogP contribution in [-0.4, -0.2) is 55.5 Å². The van der Waals surface area contributed by atoms with E-state index in [2.05, 4.69) is 10.6 Å². The highest BCUT2D eigenvalue weighted by Gasteiger charge is 2.36. The molecule has 8 nitrogen and oxygen atoms in total. The van der Waals surface area contributed by atoms with E-state index >= 15 is 0 Å². The molecule has 0 aliphatic rings. The van der Waals surface area contributed by atoms with E-state index in [9.17, 15) is 18.0 Å². The average molecular weight is 466 g/mol. The Labute approximate surface area is 190 Å². The third-order valence-corrected chi connectivity index (χ3v) is 7.77. The quantitative estimate of drug-likeness (QED) is 0.561. The number of carbonyl (C=O) groups is 2. The molecule has 0 saturated heterocycles. The molecule has 0 fully saturated rings. The summed E-state index contributed by atoms with van der Waals surface area (Å²) in [7, 11) is -2.17. The first-order chi connectivity index (χ1) is 14.9. The zero-order valence-electron chi connectivity index (χ0n) is 19.9. The Morgan fingerprint density at radius 1 is 1.03 bits per heavy atom. The van der Waals surface area contributed by atoms with E-state index in [4.69, 9.17) is 4.42 Å². The number of benzene rings is 1. The summed E-state index contributed by atoms with van der Waals surface area (Å²) in [4.78, 5) is 25.7. The fourth-order valence-corrected chi connectivity index (χ4v) is 4.80. The lowest BCUT2D eigenvalue weighted by atomic mass is 10.0. The summed E-state index contributed by atoms with van der Waals surface area (Å²) in [5, 5.41) is 5.95. The summed E-state index contributed by atoms with van der Waals surface area (Å²) in [6, 6.07) is 7.79. The lowest BCUT2D eigenvalue weighted by Crippen LogP contribution is -2.56. The summed E-state index contributed by atoms with van der Waals surface area (Å²) in [5.74, 6) is -0.784. The number of hydrogen-bond donors (Lipinski definition) is 2. The fraction of sp³-hybridized carbons (Fsp3) is 0.565. The molecule has 0 radical (unpaired) electrons. The van der Waals surface area contributed by atoms with Gasteiger partial charge in [0.05, 0.1) is 5.25 Å². The minimum Gasteiger partial charge on any atom is -0.451 e. The predicted octanol–water partition coefficient (Wildman–Crippen LogP) is 3.00. The van der Waals surface area contributed by atoms with Crippen LogP contribution in [0.25, 0.3) is 11.0 Å². The van der Waals surface area contributed by atoms with Gasteiger partial charge in [-0.05, 0) is 37.8 Å². The van der Waals surface area contributed by atoms with Gasteiger partial charge in [-0.3, -0.25) is 9.59 Å². The Balaban J connectivity index is 2.10. The molecule has 2 N–H and O–H groups in total. The first-order valence-electron chi connectivity index (χ1n) is 10.9. The van der Waals surface area contributed by atoms with Crippen molar-refractivity contribution < 1.29 is 22.4 Å². The highest BCUT2D eigenvalue weighted by molar-refractivity contribution is 7.89. The summed E-state index contributed by atoms with van der Waals surface area (Å²) in [6.07, 6.45) is 0. The van der Waals surface area contributed by atoms with Crippen LogP contribution in [0.1, 0.15) is 52.1 Å². The van der Waals surface area contributed by atoms with E-state index in [1.54, 1.807) is 26.0 Å². The molecule has 0 aliphatic carbocycles. The van der Waals surface area contributed by atoms with Crippen LogP contribution in [0.3, 0.4) is 0 Å². The Morgan fingerprint density at radius 2 is 1.66 bits per heavy atom. The lowest BCUT2D eigenvalue weighted by molar-refractivity contribution is -0.126. The number of nitrogens with one attached hydrogen (secondary N) is 2. The van der Waals surface area contributed by atoms with Crippen LogP contribution in [-0.2, 0) is 14.8 Å². The minimum absolute atomic E-state index is 0.00903. The molecule has 0 spiro atoms. The van der Waals surface area contributed by atoms with Gasteiger partial charge in [0.2, 0.25) is 15.9 Å². The van der Waals surface area contributed by atoms with Crippen LogP contribution >= 0.6 is 0 Å². The van der Waals surface area contributed by atoms with E-state index in [1.165, 1.54) is 7.05 Å². The van der Waals surface area contributed by atoms with Gasteiger partial charge in [0.15, 0.2) is 5.76 Å². The third kappa shape index (κ3) is 5.89. The van der Waals surface area contributed by atoms with Crippen LogP contribution < -0.4 is 10.6 Å². The van der Waals surface area contributed by atoms with Crippen molar-refractivity contribution in [3.05, 3.63) is 36.1 Å². The number of rotatable bonds is 10. The van der Waals surface area contributed by atoms with Gasteiger partial charge in [-0.2, -0.15) is 4.31 Å². The van der Waals surface area contributed by atoms with Gasteiger partial charge in [-0.1, -0.05) is 45.9 Å².